The van der Waals surface area contributed by atoms with Crippen LogP contribution < -0.4 is 5.73 Å². The summed E-state index contributed by atoms with van der Waals surface area (Å²) in [7, 11) is -3.03. The van der Waals surface area contributed by atoms with Crippen LogP contribution in [-0.4, -0.2) is 25.8 Å². The molecule has 0 saturated heterocycles. The monoisotopic (exact) mass is 179 g/mol. The smallest absolute Gasteiger partial charge is 0.218 e. The molecule has 11 heavy (non-hydrogen) atoms. The number of carbonyl (C=O) groups is 1. The van der Waals surface area contributed by atoms with Gasteiger partial charge in [0.25, 0.3) is 0 Å². The highest BCUT2D eigenvalue weighted by atomic mass is 32.2. The van der Waals surface area contributed by atoms with Gasteiger partial charge in [0, 0.05) is 12.2 Å². The first-order chi connectivity index (χ1) is 4.98. The molecule has 0 saturated carbocycles. The Hall–Kier alpha value is -0.580. The van der Waals surface area contributed by atoms with Crippen molar-refractivity contribution in [3.05, 3.63) is 0 Å². The van der Waals surface area contributed by atoms with Crippen LogP contribution in [0.4, 0.5) is 0 Å². The summed E-state index contributed by atoms with van der Waals surface area (Å²) in [6, 6.07) is 0. The quantitative estimate of drug-likeness (QED) is 0.628. The predicted octanol–water partition coefficient (Wildman–Crippen LogP) is -0.313. The molecule has 0 aliphatic heterocycles. The molecule has 0 aromatic rings. The topological polar surface area (TPSA) is 77.2 Å². The van der Waals surface area contributed by atoms with Crippen LogP contribution in [0.2, 0.25) is 0 Å². The number of hydrogen-bond acceptors (Lipinski definition) is 3. The Morgan fingerprint density at radius 3 is 2.27 bits per heavy atom. The van der Waals surface area contributed by atoms with E-state index < -0.39 is 15.7 Å². The summed E-state index contributed by atoms with van der Waals surface area (Å²) in [4.78, 5) is 10.2. The van der Waals surface area contributed by atoms with Crippen molar-refractivity contribution in [2.75, 3.05) is 11.5 Å². The molecular formula is C6H13NO3S. The molecule has 0 fully saturated rings. The van der Waals surface area contributed by atoms with Crippen LogP contribution in [0.25, 0.3) is 0 Å². The van der Waals surface area contributed by atoms with E-state index in [0.29, 0.717) is 6.42 Å². The first-order valence-electron chi connectivity index (χ1n) is 3.46. The maximum absolute atomic E-state index is 10.9. The van der Waals surface area contributed by atoms with Crippen LogP contribution in [0, 0.1) is 0 Å². The number of hydrogen-bond donors (Lipinski definition) is 1. The van der Waals surface area contributed by atoms with Crippen molar-refractivity contribution < 1.29 is 13.2 Å². The summed E-state index contributed by atoms with van der Waals surface area (Å²) < 4.78 is 21.9. The molecule has 0 heterocycles. The summed E-state index contributed by atoms with van der Waals surface area (Å²) >= 11 is 0. The zero-order valence-corrected chi connectivity index (χ0v) is 7.36. The standard InChI is InChI=1S/C6H13NO3S/c1-2-4-11(9,10)5-3-6(7)8/h2-5H2,1H3,(H2,7,8). The third-order valence-corrected chi connectivity index (χ3v) is 3.03. The Kier molecular flexibility index (Phi) is 4.10. The fraction of sp³-hybridized carbons (Fsp3) is 0.833. The lowest BCUT2D eigenvalue weighted by molar-refractivity contribution is -0.117. The van der Waals surface area contributed by atoms with E-state index in [1.165, 1.54) is 0 Å². The first kappa shape index (κ1) is 10.4. The third-order valence-electron chi connectivity index (χ3n) is 1.17. The maximum atomic E-state index is 10.9. The summed E-state index contributed by atoms with van der Waals surface area (Å²) in [6.07, 6.45) is 0.517. The minimum atomic E-state index is -3.03. The molecule has 0 unspecified atom stereocenters. The van der Waals surface area contributed by atoms with Gasteiger partial charge in [-0.05, 0) is 6.42 Å². The summed E-state index contributed by atoms with van der Waals surface area (Å²) in [5.41, 5.74) is 4.79. The normalized spacial score (nSPS) is 11.4. The van der Waals surface area contributed by atoms with Crippen molar-refractivity contribution in [1.82, 2.24) is 0 Å². The van der Waals surface area contributed by atoms with E-state index in [1.807, 2.05) is 0 Å². The van der Waals surface area contributed by atoms with Gasteiger partial charge in [0.1, 0.15) is 0 Å². The number of sulfone groups is 1. The Bertz CT molecular complexity index is 220. The van der Waals surface area contributed by atoms with Crippen LogP contribution in [-0.2, 0) is 14.6 Å². The van der Waals surface area contributed by atoms with Gasteiger partial charge in [-0.1, -0.05) is 6.92 Å². The molecule has 2 N–H and O–H groups in total. The molecule has 0 aromatic heterocycles. The van der Waals surface area contributed by atoms with Gasteiger partial charge in [0.15, 0.2) is 9.84 Å². The van der Waals surface area contributed by atoms with Crippen molar-refractivity contribution in [2.45, 2.75) is 19.8 Å². The second-order valence-electron chi connectivity index (χ2n) is 2.37. The number of nitrogens with two attached hydrogens (primary N) is 1. The van der Waals surface area contributed by atoms with E-state index in [0.717, 1.165) is 0 Å². The van der Waals surface area contributed by atoms with E-state index in [9.17, 15) is 13.2 Å². The van der Waals surface area contributed by atoms with Crippen molar-refractivity contribution in [3.63, 3.8) is 0 Å². The Morgan fingerprint density at radius 1 is 1.36 bits per heavy atom. The number of rotatable bonds is 5. The van der Waals surface area contributed by atoms with Crippen LogP contribution >= 0.6 is 0 Å². The lowest BCUT2D eigenvalue weighted by Gasteiger charge is -1.98. The van der Waals surface area contributed by atoms with Gasteiger partial charge in [-0.25, -0.2) is 8.42 Å². The highest BCUT2D eigenvalue weighted by molar-refractivity contribution is 7.91. The number of amides is 1. The predicted molar refractivity (Wildman–Crippen MR) is 42.8 cm³/mol. The highest BCUT2D eigenvalue weighted by Crippen LogP contribution is 1.95. The van der Waals surface area contributed by atoms with Gasteiger partial charge in [-0.15, -0.1) is 0 Å². The molecule has 0 aliphatic rings. The Balaban J connectivity index is 3.84. The van der Waals surface area contributed by atoms with Gasteiger partial charge < -0.3 is 5.73 Å². The summed E-state index contributed by atoms with van der Waals surface area (Å²) in [5, 5.41) is 0. The fourth-order valence-electron chi connectivity index (χ4n) is 0.669. The van der Waals surface area contributed by atoms with Crippen molar-refractivity contribution in [2.24, 2.45) is 5.73 Å². The molecular weight excluding hydrogens is 166 g/mol. The van der Waals surface area contributed by atoms with E-state index >= 15 is 0 Å². The molecule has 0 aliphatic carbocycles. The maximum Gasteiger partial charge on any atom is 0.218 e. The van der Waals surface area contributed by atoms with Gasteiger partial charge in [-0.3, -0.25) is 4.79 Å². The molecule has 0 rings (SSSR count). The average molecular weight is 179 g/mol. The lowest BCUT2D eigenvalue weighted by Crippen LogP contribution is -2.18. The van der Waals surface area contributed by atoms with Gasteiger partial charge in [0.05, 0.1) is 5.75 Å². The number of primary amides is 1. The van der Waals surface area contributed by atoms with Crippen LogP contribution in [0.15, 0.2) is 0 Å². The zero-order chi connectivity index (χ0) is 8.91. The summed E-state index contributed by atoms with van der Waals surface area (Å²) in [5.74, 6) is -0.541. The second kappa shape index (κ2) is 4.33. The third kappa shape index (κ3) is 5.84. The van der Waals surface area contributed by atoms with Crippen molar-refractivity contribution >= 4 is 15.7 Å². The van der Waals surface area contributed by atoms with E-state index in [2.05, 4.69) is 0 Å². The van der Waals surface area contributed by atoms with Gasteiger partial charge >= 0.3 is 0 Å². The molecule has 0 bridgehead atoms. The average Bonchev–Trinajstić information content (AvgIpc) is 1.84. The molecule has 66 valence electrons. The minimum Gasteiger partial charge on any atom is -0.370 e. The molecule has 0 atom stereocenters. The largest absolute Gasteiger partial charge is 0.370 e. The molecule has 5 heteroatoms. The van der Waals surface area contributed by atoms with E-state index in [-0.39, 0.29) is 17.9 Å². The second-order valence-corrected chi connectivity index (χ2v) is 4.67. The molecule has 0 spiro atoms. The fourth-order valence-corrected chi connectivity index (χ4v) is 2.01. The van der Waals surface area contributed by atoms with E-state index in [4.69, 9.17) is 5.73 Å². The van der Waals surface area contributed by atoms with Gasteiger partial charge in [-0.2, -0.15) is 0 Å². The Morgan fingerprint density at radius 2 is 1.91 bits per heavy atom. The van der Waals surface area contributed by atoms with Crippen molar-refractivity contribution in [3.8, 4) is 0 Å². The highest BCUT2D eigenvalue weighted by Gasteiger charge is 2.09. The molecule has 4 nitrogen and oxygen atoms in total. The van der Waals surface area contributed by atoms with Crippen molar-refractivity contribution in [1.29, 1.82) is 0 Å². The van der Waals surface area contributed by atoms with Gasteiger partial charge in [0.2, 0.25) is 5.91 Å². The lowest BCUT2D eigenvalue weighted by atomic mass is 10.5. The minimum absolute atomic E-state index is 0.0671. The Labute approximate surface area is 66.7 Å². The SMILES string of the molecule is CCCS(=O)(=O)CCC(N)=O. The van der Waals surface area contributed by atoms with Crippen LogP contribution in [0.3, 0.4) is 0 Å². The summed E-state index contributed by atoms with van der Waals surface area (Å²) in [6.45, 7) is 1.78. The zero-order valence-electron chi connectivity index (χ0n) is 6.54. The molecule has 0 radical (unpaired) electrons. The number of carbonyl (C=O) groups excluding carboxylic acids is 1. The first-order valence-corrected chi connectivity index (χ1v) is 5.29. The van der Waals surface area contributed by atoms with Crippen LogP contribution in [0.5, 0.6) is 0 Å². The molecule has 1 amide bonds. The molecule has 0 aromatic carbocycles. The van der Waals surface area contributed by atoms with Crippen LogP contribution in [0.1, 0.15) is 19.8 Å². The van der Waals surface area contributed by atoms with E-state index in [1.54, 1.807) is 6.92 Å².